The monoisotopic (exact) mass is 339 g/mol. The Morgan fingerprint density at radius 3 is 2.44 bits per heavy atom. The lowest BCUT2D eigenvalue weighted by molar-refractivity contribution is -0.901. The van der Waals surface area contributed by atoms with E-state index in [1.807, 2.05) is 30.3 Å². The molecule has 0 aromatic heterocycles. The van der Waals surface area contributed by atoms with Gasteiger partial charge in [-0.3, -0.25) is 4.79 Å². The summed E-state index contributed by atoms with van der Waals surface area (Å²) < 4.78 is 0. The second kappa shape index (κ2) is 8.79. The predicted octanol–water partition coefficient (Wildman–Crippen LogP) is 1.13. The molecule has 132 valence electrons. The van der Waals surface area contributed by atoms with Crippen LogP contribution in [-0.2, 0) is 11.3 Å². The van der Waals surface area contributed by atoms with Gasteiger partial charge in [0.15, 0.2) is 6.54 Å². The Morgan fingerprint density at radius 1 is 1.08 bits per heavy atom. The minimum absolute atomic E-state index is 0.0423. The van der Waals surface area contributed by atoms with E-state index in [2.05, 4.69) is 41.8 Å². The molecule has 0 unspecified atom stereocenters. The van der Waals surface area contributed by atoms with Gasteiger partial charge in [0, 0.05) is 29.7 Å². The Labute approximate surface area is 150 Å². The molecule has 1 aliphatic heterocycles. The van der Waals surface area contributed by atoms with Gasteiger partial charge in [-0.2, -0.15) is 0 Å². The summed E-state index contributed by atoms with van der Waals surface area (Å²) in [7, 11) is 0. The van der Waals surface area contributed by atoms with Crippen molar-refractivity contribution >= 4 is 11.6 Å². The van der Waals surface area contributed by atoms with Crippen LogP contribution in [0.2, 0.25) is 0 Å². The third-order valence-corrected chi connectivity index (χ3v) is 4.98. The summed E-state index contributed by atoms with van der Waals surface area (Å²) in [4.78, 5) is 13.8. The van der Waals surface area contributed by atoms with Crippen molar-refractivity contribution in [3.8, 4) is 0 Å². The van der Waals surface area contributed by atoms with Crippen LogP contribution in [0.3, 0.4) is 0 Å². The quantitative estimate of drug-likeness (QED) is 0.696. The molecule has 4 heteroatoms. The lowest BCUT2D eigenvalue weighted by Crippen LogP contribution is -3.08. The van der Waals surface area contributed by atoms with E-state index in [9.17, 15) is 4.79 Å². The number of anilines is 1. The molecule has 3 rings (SSSR count). The number of hydrogen-bond acceptors (Lipinski definition) is 1. The van der Waals surface area contributed by atoms with E-state index in [0.717, 1.165) is 12.2 Å². The van der Waals surface area contributed by atoms with Crippen molar-refractivity contribution in [3.63, 3.8) is 0 Å². The third kappa shape index (κ3) is 5.41. The topological polar surface area (TPSA) is 50.1 Å². The summed E-state index contributed by atoms with van der Waals surface area (Å²) in [5.41, 5.74) is 3.47. The third-order valence-electron chi connectivity index (χ3n) is 4.98. The Kier molecular flexibility index (Phi) is 6.20. The second-order valence-electron chi connectivity index (χ2n) is 7.02. The smallest absolute Gasteiger partial charge is 0.279 e. The Morgan fingerprint density at radius 2 is 1.76 bits per heavy atom. The molecule has 0 aliphatic carbocycles. The molecular weight excluding hydrogens is 310 g/mol. The minimum atomic E-state index is 0.0423. The predicted molar refractivity (Wildman–Crippen MR) is 100 cm³/mol. The zero-order valence-corrected chi connectivity index (χ0v) is 15.0. The van der Waals surface area contributed by atoms with Crippen LogP contribution in [0.5, 0.6) is 0 Å². The Bertz CT molecular complexity index is 663. The van der Waals surface area contributed by atoms with Crippen molar-refractivity contribution in [2.75, 3.05) is 25.0 Å². The van der Waals surface area contributed by atoms with Crippen LogP contribution < -0.4 is 15.5 Å². The van der Waals surface area contributed by atoms with E-state index < -0.39 is 0 Å². The average Bonchev–Trinajstić information content (AvgIpc) is 3.15. The van der Waals surface area contributed by atoms with E-state index in [1.54, 1.807) is 4.90 Å². The summed E-state index contributed by atoms with van der Waals surface area (Å²) in [5, 5.41) is 5.06. The molecule has 1 saturated heterocycles. The molecule has 1 amide bonds. The Balaban J connectivity index is 1.44. The highest BCUT2D eigenvalue weighted by Gasteiger charge is 2.15. The first-order chi connectivity index (χ1) is 12.2. The van der Waals surface area contributed by atoms with Crippen molar-refractivity contribution in [2.24, 2.45) is 0 Å². The first kappa shape index (κ1) is 17.6. The first-order valence-corrected chi connectivity index (χ1v) is 9.31. The highest BCUT2D eigenvalue weighted by Crippen LogP contribution is 2.09. The largest absolute Gasteiger partial charge is 0.333 e. The van der Waals surface area contributed by atoms with Crippen LogP contribution in [0.1, 0.15) is 36.9 Å². The van der Waals surface area contributed by atoms with E-state index in [-0.39, 0.29) is 11.9 Å². The van der Waals surface area contributed by atoms with Crippen molar-refractivity contribution in [1.82, 2.24) is 0 Å². The number of nitrogens with one attached hydrogen (secondary N) is 2. The first-order valence-electron chi connectivity index (χ1n) is 9.31. The van der Waals surface area contributed by atoms with Crippen molar-refractivity contribution in [1.29, 1.82) is 0 Å². The molecule has 25 heavy (non-hydrogen) atoms. The molecule has 1 aliphatic rings. The van der Waals surface area contributed by atoms with Crippen LogP contribution >= 0.6 is 0 Å². The summed E-state index contributed by atoms with van der Waals surface area (Å²) in [6.07, 6.45) is 2.70. The number of amides is 1. The second-order valence-corrected chi connectivity index (χ2v) is 7.02. The molecule has 1 fully saturated rings. The van der Waals surface area contributed by atoms with E-state index in [4.69, 9.17) is 0 Å². The summed E-state index contributed by atoms with van der Waals surface area (Å²) in [5.74, 6) is 0.0423. The van der Waals surface area contributed by atoms with Gasteiger partial charge in [0.2, 0.25) is 0 Å². The number of rotatable bonds is 7. The van der Waals surface area contributed by atoms with Crippen molar-refractivity contribution in [2.45, 2.75) is 32.4 Å². The normalized spacial score (nSPS) is 15.9. The Hall–Kier alpha value is -2.17. The molecule has 1 heterocycles. The van der Waals surface area contributed by atoms with Gasteiger partial charge in [-0.25, -0.2) is 0 Å². The molecule has 0 radical (unpaired) electrons. The molecule has 0 saturated carbocycles. The number of nitrogens with two attached hydrogens (primary N) is 1. The highest BCUT2D eigenvalue weighted by atomic mass is 16.1. The molecular formula is C21H29N3O+2. The lowest BCUT2D eigenvalue weighted by Gasteiger charge is -2.13. The van der Waals surface area contributed by atoms with Crippen LogP contribution in [0.15, 0.2) is 54.6 Å². The fourth-order valence-electron chi connectivity index (χ4n) is 3.43. The van der Waals surface area contributed by atoms with Gasteiger partial charge in [-0.1, -0.05) is 42.5 Å². The van der Waals surface area contributed by atoms with Crippen LogP contribution in [0, 0.1) is 0 Å². The number of hydrogen-bond donors (Lipinski definition) is 3. The van der Waals surface area contributed by atoms with Gasteiger partial charge in [0.1, 0.15) is 12.6 Å². The fraction of sp³-hybridized carbons (Fsp3) is 0.381. The maximum Gasteiger partial charge on any atom is 0.279 e. The fourth-order valence-corrected chi connectivity index (χ4v) is 3.43. The SMILES string of the molecule is C[C@H]([NH2+]CC(=O)Nc1ccc(C[NH+]2CCCC2)cc1)c1ccccc1. The molecule has 0 spiro atoms. The maximum atomic E-state index is 12.2. The van der Waals surface area contributed by atoms with Gasteiger partial charge in [0.05, 0.1) is 13.1 Å². The van der Waals surface area contributed by atoms with Crippen LogP contribution in [0.4, 0.5) is 5.69 Å². The van der Waals surface area contributed by atoms with E-state index in [1.165, 1.54) is 37.1 Å². The molecule has 2 aromatic rings. The van der Waals surface area contributed by atoms with Gasteiger partial charge < -0.3 is 15.5 Å². The van der Waals surface area contributed by atoms with Crippen molar-refractivity contribution < 1.29 is 15.0 Å². The van der Waals surface area contributed by atoms with Gasteiger partial charge in [0.25, 0.3) is 5.91 Å². The minimum Gasteiger partial charge on any atom is -0.333 e. The van der Waals surface area contributed by atoms with Crippen LogP contribution in [0.25, 0.3) is 0 Å². The zero-order chi connectivity index (χ0) is 17.5. The summed E-state index contributed by atoms with van der Waals surface area (Å²) >= 11 is 0. The number of carbonyl (C=O) groups is 1. The van der Waals surface area contributed by atoms with Crippen LogP contribution in [-0.4, -0.2) is 25.5 Å². The molecule has 4 nitrogen and oxygen atoms in total. The average molecular weight is 339 g/mol. The van der Waals surface area contributed by atoms with Gasteiger partial charge >= 0.3 is 0 Å². The standard InChI is InChI=1S/C21H27N3O/c1-17(19-7-3-2-4-8-19)22-15-21(25)23-20-11-9-18(10-12-20)16-24-13-5-6-14-24/h2-4,7-12,17,22H,5-6,13-16H2,1H3,(H,23,25)/p+2/t17-/m0/s1. The molecule has 0 bridgehead atoms. The van der Waals surface area contributed by atoms with E-state index >= 15 is 0 Å². The lowest BCUT2D eigenvalue weighted by atomic mass is 10.1. The van der Waals surface area contributed by atoms with Gasteiger partial charge in [-0.15, -0.1) is 0 Å². The molecule has 2 aromatic carbocycles. The summed E-state index contributed by atoms with van der Waals surface area (Å²) in [6, 6.07) is 18.9. The van der Waals surface area contributed by atoms with Gasteiger partial charge in [-0.05, 0) is 19.1 Å². The number of benzene rings is 2. The van der Waals surface area contributed by atoms with E-state index in [0.29, 0.717) is 6.54 Å². The summed E-state index contributed by atoms with van der Waals surface area (Å²) in [6.45, 7) is 6.21. The van der Waals surface area contributed by atoms with Crippen molar-refractivity contribution in [3.05, 3.63) is 65.7 Å². The number of carbonyl (C=O) groups excluding carboxylic acids is 1. The molecule has 1 atom stereocenters. The highest BCUT2D eigenvalue weighted by molar-refractivity contribution is 5.91. The number of likely N-dealkylation sites (tertiary alicyclic amines) is 1. The molecule has 4 N–H and O–H groups in total. The zero-order valence-electron chi connectivity index (χ0n) is 15.0. The number of quaternary nitrogens is 2. The maximum absolute atomic E-state index is 12.2.